The lowest BCUT2D eigenvalue weighted by atomic mass is 10.1. The molecule has 88 valence electrons. The molecule has 0 saturated heterocycles. The summed E-state index contributed by atoms with van der Waals surface area (Å²) in [4.78, 5) is 19.7. The van der Waals surface area contributed by atoms with E-state index in [1.807, 2.05) is 12.1 Å². The Kier molecular flexibility index (Phi) is 2.57. The van der Waals surface area contributed by atoms with E-state index in [0.717, 1.165) is 16.6 Å². The number of nitrogens with one attached hydrogen (secondary N) is 1. The predicted molar refractivity (Wildman–Crippen MR) is 67.2 cm³/mol. The van der Waals surface area contributed by atoms with E-state index in [1.54, 1.807) is 30.9 Å². The average Bonchev–Trinajstić information content (AvgIpc) is 2.44. The first-order valence-corrected chi connectivity index (χ1v) is 5.55. The topological polar surface area (TPSA) is 71.5 Å². The van der Waals surface area contributed by atoms with E-state index in [1.165, 1.54) is 0 Å². The molecule has 3 aromatic heterocycles. The lowest BCUT2D eigenvalue weighted by Gasteiger charge is -2.04. The maximum atomic E-state index is 11.6. The molecule has 0 spiro atoms. The second kappa shape index (κ2) is 4.37. The largest absolute Gasteiger partial charge is 0.272 e. The summed E-state index contributed by atoms with van der Waals surface area (Å²) in [5.74, 6) is 0. The molecule has 0 aliphatic rings. The van der Waals surface area contributed by atoms with Crippen LogP contribution in [0.25, 0.3) is 10.8 Å². The first-order chi connectivity index (χ1) is 8.84. The Morgan fingerprint density at radius 3 is 2.61 bits per heavy atom. The highest BCUT2D eigenvalue weighted by Crippen LogP contribution is 2.14. The second-order valence-corrected chi connectivity index (χ2v) is 3.95. The SMILES string of the molecule is O=c1[nH]nc(Cc2ccncc2)c2cnccc12. The summed E-state index contributed by atoms with van der Waals surface area (Å²) in [6.45, 7) is 0. The Labute approximate surface area is 103 Å². The molecule has 3 rings (SSSR count). The van der Waals surface area contributed by atoms with Crippen LogP contribution >= 0.6 is 0 Å². The summed E-state index contributed by atoms with van der Waals surface area (Å²) in [5, 5.41) is 8.02. The molecule has 0 aliphatic carbocycles. The van der Waals surface area contributed by atoms with Crippen LogP contribution in [0.3, 0.4) is 0 Å². The van der Waals surface area contributed by atoms with Crippen LogP contribution < -0.4 is 5.56 Å². The lowest BCUT2D eigenvalue weighted by Crippen LogP contribution is -2.11. The molecule has 0 aliphatic heterocycles. The van der Waals surface area contributed by atoms with E-state index in [9.17, 15) is 4.79 Å². The number of nitrogens with zero attached hydrogens (tertiary/aromatic N) is 3. The van der Waals surface area contributed by atoms with Crippen LogP contribution in [0.1, 0.15) is 11.3 Å². The Morgan fingerprint density at radius 1 is 1.00 bits per heavy atom. The van der Waals surface area contributed by atoms with Gasteiger partial charge in [0, 0.05) is 36.6 Å². The third kappa shape index (κ3) is 1.86. The number of aromatic amines is 1. The minimum absolute atomic E-state index is 0.189. The van der Waals surface area contributed by atoms with Crippen molar-refractivity contribution in [2.24, 2.45) is 0 Å². The zero-order chi connectivity index (χ0) is 12.4. The van der Waals surface area contributed by atoms with Gasteiger partial charge in [0.2, 0.25) is 0 Å². The first kappa shape index (κ1) is 10.6. The summed E-state index contributed by atoms with van der Waals surface area (Å²) in [6, 6.07) is 5.55. The quantitative estimate of drug-likeness (QED) is 0.730. The fourth-order valence-corrected chi connectivity index (χ4v) is 1.89. The number of rotatable bonds is 2. The monoisotopic (exact) mass is 238 g/mol. The molecule has 0 bridgehead atoms. The molecule has 0 fully saturated rings. The molecule has 0 radical (unpaired) electrons. The van der Waals surface area contributed by atoms with E-state index in [4.69, 9.17) is 0 Å². The molecule has 1 N–H and O–H groups in total. The van der Waals surface area contributed by atoms with Gasteiger partial charge < -0.3 is 0 Å². The van der Waals surface area contributed by atoms with Crippen molar-refractivity contribution >= 4 is 10.8 Å². The van der Waals surface area contributed by atoms with Crippen molar-refractivity contribution in [2.45, 2.75) is 6.42 Å². The van der Waals surface area contributed by atoms with Gasteiger partial charge in [0.05, 0.1) is 11.1 Å². The highest BCUT2D eigenvalue weighted by molar-refractivity contribution is 5.82. The van der Waals surface area contributed by atoms with E-state index >= 15 is 0 Å². The van der Waals surface area contributed by atoms with Gasteiger partial charge in [-0.3, -0.25) is 14.8 Å². The van der Waals surface area contributed by atoms with Gasteiger partial charge in [-0.05, 0) is 23.8 Å². The van der Waals surface area contributed by atoms with Crippen molar-refractivity contribution in [2.75, 3.05) is 0 Å². The highest BCUT2D eigenvalue weighted by atomic mass is 16.1. The van der Waals surface area contributed by atoms with Crippen LogP contribution in [0, 0.1) is 0 Å². The highest BCUT2D eigenvalue weighted by Gasteiger charge is 2.06. The zero-order valence-electron chi connectivity index (χ0n) is 9.50. The van der Waals surface area contributed by atoms with Crippen LogP contribution in [0.5, 0.6) is 0 Å². The minimum Gasteiger partial charge on any atom is -0.267 e. The van der Waals surface area contributed by atoms with Crippen molar-refractivity contribution in [3.05, 3.63) is 64.6 Å². The molecular formula is C13H10N4O. The minimum atomic E-state index is -0.189. The fourth-order valence-electron chi connectivity index (χ4n) is 1.89. The fraction of sp³-hybridized carbons (Fsp3) is 0.0769. The van der Waals surface area contributed by atoms with Crippen LogP contribution in [0.4, 0.5) is 0 Å². The zero-order valence-corrected chi connectivity index (χ0v) is 9.50. The van der Waals surface area contributed by atoms with Gasteiger partial charge in [0.15, 0.2) is 0 Å². The van der Waals surface area contributed by atoms with Gasteiger partial charge in [-0.1, -0.05) is 0 Å². The van der Waals surface area contributed by atoms with Crippen molar-refractivity contribution in [1.82, 2.24) is 20.2 Å². The number of fused-ring (bicyclic) bond motifs is 1. The van der Waals surface area contributed by atoms with E-state index in [0.29, 0.717) is 11.8 Å². The second-order valence-electron chi connectivity index (χ2n) is 3.95. The number of H-pyrrole nitrogens is 1. The molecule has 18 heavy (non-hydrogen) atoms. The standard InChI is InChI=1S/C13H10N4O/c18-13-10-3-6-15-8-11(10)12(16-17-13)7-9-1-4-14-5-2-9/h1-6,8H,7H2,(H,17,18). The van der Waals surface area contributed by atoms with Crippen LogP contribution in [0.2, 0.25) is 0 Å². The summed E-state index contributed by atoms with van der Waals surface area (Å²) in [5.41, 5.74) is 1.71. The molecule has 0 aromatic carbocycles. The van der Waals surface area contributed by atoms with Gasteiger partial charge in [0.1, 0.15) is 0 Å². The summed E-state index contributed by atoms with van der Waals surface area (Å²) < 4.78 is 0. The number of hydrogen-bond donors (Lipinski definition) is 1. The van der Waals surface area contributed by atoms with Crippen molar-refractivity contribution in [1.29, 1.82) is 0 Å². The lowest BCUT2D eigenvalue weighted by molar-refractivity contribution is 0.931. The molecule has 0 saturated carbocycles. The van der Waals surface area contributed by atoms with E-state index < -0.39 is 0 Å². The maximum Gasteiger partial charge on any atom is 0.272 e. The number of pyridine rings is 2. The molecule has 5 nitrogen and oxygen atoms in total. The Hall–Kier alpha value is -2.56. The third-order valence-electron chi connectivity index (χ3n) is 2.79. The van der Waals surface area contributed by atoms with Gasteiger partial charge in [-0.25, -0.2) is 5.10 Å². The first-order valence-electron chi connectivity index (χ1n) is 5.55. The Morgan fingerprint density at radius 2 is 1.78 bits per heavy atom. The summed E-state index contributed by atoms with van der Waals surface area (Å²) in [6.07, 6.45) is 7.40. The molecule has 3 heterocycles. The van der Waals surface area contributed by atoms with Crippen LogP contribution in [0.15, 0.2) is 47.8 Å². The van der Waals surface area contributed by atoms with Gasteiger partial charge in [-0.2, -0.15) is 5.10 Å². The third-order valence-corrected chi connectivity index (χ3v) is 2.79. The van der Waals surface area contributed by atoms with Gasteiger partial charge >= 0.3 is 0 Å². The van der Waals surface area contributed by atoms with E-state index in [-0.39, 0.29) is 5.56 Å². The molecular weight excluding hydrogens is 228 g/mol. The summed E-state index contributed by atoms with van der Waals surface area (Å²) >= 11 is 0. The molecule has 3 aromatic rings. The van der Waals surface area contributed by atoms with Crippen molar-refractivity contribution < 1.29 is 0 Å². The summed E-state index contributed by atoms with van der Waals surface area (Å²) in [7, 11) is 0. The number of hydrogen-bond acceptors (Lipinski definition) is 4. The normalized spacial score (nSPS) is 10.7. The van der Waals surface area contributed by atoms with Gasteiger partial charge in [0.25, 0.3) is 5.56 Å². The predicted octanol–water partition coefficient (Wildman–Crippen LogP) is 1.30. The Bertz CT molecular complexity index is 737. The molecule has 0 unspecified atom stereocenters. The smallest absolute Gasteiger partial charge is 0.267 e. The average molecular weight is 238 g/mol. The molecule has 5 heteroatoms. The molecule has 0 atom stereocenters. The van der Waals surface area contributed by atoms with Gasteiger partial charge in [-0.15, -0.1) is 0 Å². The van der Waals surface area contributed by atoms with E-state index in [2.05, 4.69) is 20.2 Å². The van der Waals surface area contributed by atoms with Crippen LogP contribution in [-0.2, 0) is 6.42 Å². The van der Waals surface area contributed by atoms with Crippen molar-refractivity contribution in [3.8, 4) is 0 Å². The number of aromatic nitrogens is 4. The van der Waals surface area contributed by atoms with Crippen LogP contribution in [-0.4, -0.2) is 20.2 Å². The Balaban J connectivity index is 2.13. The maximum absolute atomic E-state index is 11.6. The molecule has 0 amide bonds. The van der Waals surface area contributed by atoms with Crippen molar-refractivity contribution in [3.63, 3.8) is 0 Å².